The van der Waals surface area contributed by atoms with Crippen LogP contribution < -0.4 is 5.32 Å². The van der Waals surface area contributed by atoms with Gasteiger partial charge in [-0.3, -0.25) is 0 Å². The first-order chi connectivity index (χ1) is 10.7. The number of carbonyl (C=O) groups excluding carboxylic acids is 1. The van der Waals surface area contributed by atoms with Gasteiger partial charge in [-0.15, -0.1) is 0 Å². The normalized spacial score (nSPS) is 17.5. The molecule has 114 valence electrons. The Balaban J connectivity index is 1.80. The summed E-state index contributed by atoms with van der Waals surface area (Å²) >= 11 is 0. The number of amides is 2. The van der Waals surface area contributed by atoms with E-state index in [4.69, 9.17) is 0 Å². The molecule has 2 amide bonds. The van der Waals surface area contributed by atoms with Crippen molar-refractivity contribution >= 4 is 11.7 Å². The zero-order valence-corrected chi connectivity index (χ0v) is 12.6. The van der Waals surface area contributed by atoms with Gasteiger partial charge < -0.3 is 10.2 Å². The van der Waals surface area contributed by atoms with Crippen molar-refractivity contribution in [1.82, 2.24) is 4.90 Å². The zero-order chi connectivity index (χ0) is 15.5. The van der Waals surface area contributed by atoms with Gasteiger partial charge >= 0.3 is 6.03 Å². The van der Waals surface area contributed by atoms with Crippen LogP contribution in [0, 0.1) is 12.7 Å². The summed E-state index contributed by atoms with van der Waals surface area (Å²) in [4.78, 5) is 14.3. The summed E-state index contributed by atoms with van der Waals surface area (Å²) < 4.78 is 14.0. The topological polar surface area (TPSA) is 32.3 Å². The number of anilines is 1. The monoisotopic (exact) mass is 298 g/mol. The molecule has 3 nitrogen and oxygen atoms in total. The van der Waals surface area contributed by atoms with Crippen LogP contribution in [0.25, 0.3) is 0 Å². The molecular formula is C18H19FN2O. The second kappa shape index (κ2) is 6.18. The molecule has 4 heteroatoms. The van der Waals surface area contributed by atoms with Gasteiger partial charge in [-0.05, 0) is 37.5 Å². The van der Waals surface area contributed by atoms with Crippen LogP contribution in [0.1, 0.15) is 30.0 Å². The van der Waals surface area contributed by atoms with Crippen molar-refractivity contribution in [2.45, 2.75) is 25.8 Å². The molecule has 1 fully saturated rings. The third-order valence-corrected chi connectivity index (χ3v) is 4.16. The molecule has 1 saturated heterocycles. The van der Waals surface area contributed by atoms with Crippen LogP contribution in [0.15, 0.2) is 48.5 Å². The van der Waals surface area contributed by atoms with Gasteiger partial charge in [0.05, 0.1) is 6.04 Å². The van der Waals surface area contributed by atoms with Crippen molar-refractivity contribution in [3.05, 3.63) is 65.5 Å². The number of aryl methyl sites for hydroxylation is 1. The molecule has 0 aliphatic carbocycles. The van der Waals surface area contributed by atoms with Crippen LogP contribution in [0.5, 0.6) is 0 Å². The first-order valence-corrected chi connectivity index (χ1v) is 7.54. The highest BCUT2D eigenvalue weighted by Gasteiger charge is 2.31. The van der Waals surface area contributed by atoms with Crippen LogP contribution >= 0.6 is 0 Å². The van der Waals surface area contributed by atoms with E-state index in [0.717, 1.165) is 24.1 Å². The highest BCUT2D eigenvalue weighted by Crippen LogP contribution is 2.33. The maximum atomic E-state index is 14.0. The Morgan fingerprint density at radius 3 is 2.68 bits per heavy atom. The fourth-order valence-electron chi connectivity index (χ4n) is 2.98. The van der Waals surface area contributed by atoms with Gasteiger partial charge in [0.25, 0.3) is 0 Å². The van der Waals surface area contributed by atoms with Gasteiger partial charge in [-0.1, -0.05) is 36.4 Å². The Morgan fingerprint density at radius 2 is 1.91 bits per heavy atom. The number of rotatable bonds is 2. The van der Waals surface area contributed by atoms with Crippen molar-refractivity contribution in [3.8, 4) is 0 Å². The van der Waals surface area contributed by atoms with Crippen LogP contribution in [0.2, 0.25) is 0 Å². The Bertz CT molecular complexity index is 686. The van der Waals surface area contributed by atoms with E-state index in [1.165, 1.54) is 6.07 Å². The standard InChI is InChI=1S/C18H19FN2O/c1-13-7-2-5-10-16(13)20-18(22)21-12-6-11-17(21)14-8-3-4-9-15(14)19/h2-5,7-10,17H,6,11-12H2,1H3,(H,20,22)/t17-/m1/s1. The summed E-state index contributed by atoms with van der Waals surface area (Å²) in [6.07, 6.45) is 1.68. The summed E-state index contributed by atoms with van der Waals surface area (Å²) in [6.45, 7) is 2.60. The molecule has 2 aromatic rings. The van der Waals surface area contributed by atoms with Gasteiger partial charge in [0, 0.05) is 17.8 Å². The summed E-state index contributed by atoms with van der Waals surface area (Å²) in [6, 6.07) is 14.0. The maximum Gasteiger partial charge on any atom is 0.322 e. The van der Waals surface area contributed by atoms with E-state index >= 15 is 0 Å². The van der Waals surface area contributed by atoms with Crippen LogP contribution in [-0.2, 0) is 0 Å². The lowest BCUT2D eigenvalue weighted by Crippen LogP contribution is -2.34. The summed E-state index contributed by atoms with van der Waals surface area (Å²) in [5.74, 6) is -0.247. The number of carbonyl (C=O) groups is 1. The third kappa shape index (κ3) is 2.82. The number of nitrogens with zero attached hydrogens (tertiary/aromatic N) is 1. The largest absolute Gasteiger partial charge is 0.322 e. The van der Waals surface area contributed by atoms with E-state index < -0.39 is 0 Å². The molecule has 1 heterocycles. The van der Waals surface area contributed by atoms with Crippen molar-refractivity contribution < 1.29 is 9.18 Å². The number of hydrogen-bond acceptors (Lipinski definition) is 1. The molecule has 3 rings (SSSR count). The van der Waals surface area contributed by atoms with Crippen molar-refractivity contribution in [1.29, 1.82) is 0 Å². The van der Waals surface area contributed by atoms with Crippen molar-refractivity contribution in [3.63, 3.8) is 0 Å². The van der Waals surface area contributed by atoms with Gasteiger partial charge in [-0.2, -0.15) is 0 Å². The third-order valence-electron chi connectivity index (χ3n) is 4.16. The van der Waals surface area contributed by atoms with Gasteiger partial charge in [-0.25, -0.2) is 9.18 Å². The average molecular weight is 298 g/mol. The predicted octanol–water partition coefficient (Wildman–Crippen LogP) is 4.50. The summed E-state index contributed by atoms with van der Waals surface area (Å²) in [5, 5.41) is 2.94. The lowest BCUT2D eigenvalue weighted by atomic mass is 10.0. The van der Waals surface area contributed by atoms with E-state index in [0.29, 0.717) is 12.1 Å². The predicted molar refractivity (Wildman–Crippen MR) is 85.3 cm³/mol. The zero-order valence-electron chi connectivity index (χ0n) is 12.6. The highest BCUT2D eigenvalue weighted by molar-refractivity contribution is 5.90. The minimum atomic E-state index is -0.247. The van der Waals surface area contributed by atoms with Crippen molar-refractivity contribution in [2.75, 3.05) is 11.9 Å². The molecule has 0 spiro atoms. The number of benzene rings is 2. The van der Waals surface area contributed by atoms with Crippen molar-refractivity contribution in [2.24, 2.45) is 0 Å². The first-order valence-electron chi connectivity index (χ1n) is 7.54. The Kier molecular flexibility index (Phi) is 4.09. The molecule has 1 aliphatic heterocycles. The SMILES string of the molecule is Cc1ccccc1NC(=O)N1CCC[C@@H]1c1ccccc1F. The molecule has 1 atom stereocenters. The van der Waals surface area contributed by atoms with Gasteiger partial charge in [0.2, 0.25) is 0 Å². The summed E-state index contributed by atoms with van der Waals surface area (Å²) in [5.41, 5.74) is 2.41. The lowest BCUT2D eigenvalue weighted by molar-refractivity contribution is 0.206. The molecule has 0 bridgehead atoms. The molecule has 2 aromatic carbocycles. The molecular weight excluding hydrogens is 279 g/mol. The van der Waals surface area contributed by atoms with E-state index in [2.05, 4.69) is 5.32 Å². The number of halogens is 1. The number of nitrogens with one attached hydrogen (secondary N) is 1. The molecule has 1 N–H and O–H groups in total. The number of para-hydroxylation sites is 1. The summed E-state index contributed by atoms with van der Waals surface area (Å²) in [7, 11) is 0. The lowest BCUT2D eigenvalue weighted by Gasteiger charge is -2.26. The quantitative estimate of drug-likeness (QED) is 0.869. The fourth-order valence-corrected chi connectivity index (χ4v) is 2.98. The molecule has 22 heavy (non-hydrogen) atoms. The molecule has 0 saturated carbocycles. The number of hydrogen-bond donors (Lipinski definition) is 1. The molecule has 0 unspecified atom stereocenters. The van der Waals surface area contributed by atoms with Gasteiger partial charge in [0.1, 0.15) is 5.82 Å². The second-order valence-electron chi connectivity index (χ2n) is 5.62. The maximum absolute atomic E-state index is 14.0. The highest BCUT2D eigenvalue weighted by atomic mass is 19.1. The smallest absolute Gasteiger partial charge is 0.317 e. The molecule has 1 aliphatic rings. The van der Waals surface area contributed by atoms with Crippen LogP contribution in [0.3, 0.4) is 0 Å². The first kappa shape index (κ1) is 14.6. The second-order valence-corrected chi connectivity index (χ2v) is 5.62. The van der Waals surface area contributed by atoms with Crippen LogP contribution in [-0.4, -0.2) is 17.5 Å². The van der Waals surface area contributed by atoms with E-state index in [-0.39, 0.29) is 17.9 Å². The number of urea groups is 1. The van der Waals surface area contributed by atoms with Gasteiger partial charge in [0.15, 0.2) is 0 Å². The van der Waals surface area contributed by atoms with E-state index in [1.807, 2.05) is 37.3 Å². The van der Waals surface area contributed by atoms with E-state index in [9.17, 15) is 9.18 Å². The van der Waals surface area contributed by atoms with Crippen LogP contribution in [0.4, 0.5) is 14.9 Å². The minimum Gasteiger partial charge on any atom is -0.317 e. The molecule has 0 aromatic heterocycles. The van der Waals surface area contributed by atoms with E-state index in [1.54, 1.807) is 17.0 Å². The number of likely N-dealkylation sites (tertiary alicyclic amines) is 1. The molecule has 0 radical (unpaired) electrons. The Hall–Kier alpha value is -2.36. The fraction of sp³-hybridized carbons (Fsp3) is 0.278. The Labute approximate surface area is 129 Å². The average Bonchev–Trinajstić information content (AvgIpc) is 2.99. The minimum absolute atomic E-state index is 0.167. The Morgan fingerprint density at radius 1 is 1.18 bits per heavy atom.